The average Bonchev–Trinajstić information content (AvgIpc) is 2.61. The molecule has 1 fully saturated rings. The lowest BCUT2D eigenvalue weighted by atomic mass is 10.1. The number of halogens is 1. The molecule has 3 rings (SSSR count). The number of anilines is 2. The number of nitriles is 1. The summed E-state index contributed by atoms with van der Waals surface area (Å²) < 4.78 is 19.2. The molecule has 1 aromatic carbocycles. The summed E-state index contributed by atoms with van der Waals surface area (Å²) in [4.78, 5) is 21.6. The molecule has 2 aromatic rings. The largest absolute Gasteiger partial charge is 0.377 e. The smallest absolute Gasteiger partial charge is 0.242 e. The normalized spacial score (nSPS) is 17.1. The van der Waals surface area contributed by atoms with E-state index in [1.54, 1.807) is 23.1 Å². The fourth-order valence-electron chi connectivity index (χ4n) is 2.63. The zero-order valence-corrected chi connectivity index (χ0v) is 13.1. The number of rotatable bonds is 3. The van der Waals surface area contributed by atoms with Crippen molar-refractivity contribution in [1.82, 2.24) is 9.97 Å². The van der Waals surface area contributed by atoms with Gasteiger partial charge >= 0.3 is 0 Å². The number of carbonyl (C=O) groups is 1. The van der Waals surface area contributed by atoms with Gasteiger partial charge in [0.1, 0.15) is 23.7 Å². The van der Waals surface area contributed by atoms with Crippen LogP contribution in [0.15, 0.2) is 24.3 Å². The molecule has 128 valence electrons. The molecule has 0 bridgehead atoms. The fourth-order valence-corrected chi connectivity index (χ4v) is 2.63. The van der Waals surface area contributed by atoms with E-state index in [0.717, 1.165) is 0 Å². The van der Waals surface area contributed by atoms with Crippen LogP contribution in [0.3, 0.4) is 0 Å². The Kier molecular flexibility index (Phi) is 4.45. The molecule has 1 unspecified atom stereocenters. The molecule has 9 heteroatoms. The Bertz CT molecular complexity index is 866. The van der Waals surface area contributed by atoms with Crippen LogP contribution in [0.2, 0.25) is 0 Å². The van der Waals surface area contributed by atoms with Gasteiger partial charge in [0.2, 0.25) is 11.9 Å². The Labute approximate surface area is 142 Å². The molecule has 1 amide bonds. The minimum atomic E-state index is -0.673. The predicted octanol–water partition coefficient (Wildman–Crippen LogP) is 0.427. The van der Waals surface area contributed by atoms with Gasteiger partial charge in [0.15, 0.2) is 0 Å². The average molecular weight is 342 g/mol. The number of aromatic nitrogens is 2. The quantitative estimate of drug-likeness (QED) is 0.826. The molecule has 0 saturated carbocycles. The maximum absolute atomic E-state index is 13.9. The van der Waals surface area contributed by atoms with Crippen molar-refractivity contribution >= 4 is 17.7 Å². The van der Waals surface area contributed by atoms with E-state index < -0.39 is 17.8 Å². The molecule has 25 heavy (non-hydrogen) atoms. The van der Waals surface area contributed by atoms with Gasteiger partial charge in [0.05, 0.1) is 24.5 Å². The third kappa shape index (κ3) is 3.34. The SMILES string of the molecule is N#Cc1ccc(-c2cc(N3CCOCC3C(N)=O)nc(N)n2)cc1F. The van der Waals surface area contributed by atoms with Crippen molar-refractivity contribution in [2.24, 2.45) is 5.73 Å². The molecule has 1 aliphatic rings. The van der Waals surface area contributed by atoms with Gasteiger partial charge in [-0.25, -0.2) is 9.37 Å². The second kappa shape index (κ2) is 6.70. The van der Waals surface area contributed by atoms with E-state index in [9.17, 15) is 9.18 Å². The van der Waals surface area contributed by atoms with E-state index in [4.69, 9.17) is 21.5 Å². The maximum atomic E-state index is 13.9. The summed E-state index contributed by atoms with van der Waals surface area (Å²) in [6.45, 7) is 0.972. The topological polar surface area (TPSA) is 131 Å². The molecular formula is C16H15FN6O2. The molecule has 1 aromatic heterocycles. The molecule has 1 atom stereocenters. The van der Waals surface area contributed by atoms with Gasteiger partial charge in [-0.1, -0.05) is 6.07 Å². The maximum Gasteiger partial charge on any atom is 0.242 e. The molecule has 0 radical (unpaired) electrons. The number of hydrogen-bond donors (Lipinski definition) is 2. The van der Waals surface area contributed by atoms with Crippen molar-refractivity contribution < 1.29 is 13.9 Å². The second-order valence-electron chi connectivity index (χ2n) is 5.46. The predicted molar refractivity (Wildman–Crippen MR) is 87.7 cm³/mol. The Balaban J connectivity index is 2.02. The van der Waals surface area contributed by atoms with Gasteiger partial charge in [0, 0.05) is 18.2 Å². The first kappa shape index (κ1) is 16.6. The number of hydrogen-bond acceptors (Lipinski definition) is 7. The van der Waals surface area contributed by atoms with Crippen molar-refractivity contribution in [1.29, 1.82) is 5.26 Å². The minimum Gasteiger partial charge on any atom is -0.377 e. The van der Waals surface area contributed by atoms with Gasteiger partial charge in [-0.15, -0.1) is 0 Å². The lowest BCUT2D eigenvalue weighted by Crippen LogP contribution is -2.53. The summed E-state index contributed by atoms with van der Waals surface area (Å²) in [5, 5.41) is 8.82. The van der Waals surface area contributed by atoms with Crippen molar-refractivity contribution in [3.8, 4) is 17.3 Å². The van der Waals surface area contributed by atoms with Crippen LogP contribution in [0.4, 0.5) is 16.2 Å². The van der Waals surface area contributed by atoms with Gasteiger partial charge in [-0.3, -0.25) is 4.79 Å². The molecule has 8 nitrogen and oxygen atoms in total. The number of morpholine rings is 1. The highest BCUT2D eigenvalue weighted by Crippen LogP contribution is 2.26. The van der Waals surface area contributed by atoms with E-state index in [2.05, 4.69) is 9.97 Å². The van der Waals surface area contributed by atoms with Crippen LogP contribution in [0.1, 0.15) is 5.56 Å². The fraction of sp³-hybridized carbons (Fsp3) is 0.250. The molecule has 2 heterocycles. The van der Waals surface area contributed by atoms with Gasteiger partial charge in [-0.2, -0.15) is 10.2 Å². The van der Waals surface area contributed by atoms with Crippen LogP contribution in [-0.4, -0.2) is 41.7 Å². The summed E-state index contributed by atoms with van der Waals surface area (Å²) in [5.41, 5.74) is 11.9. The third-order valence-corrected chi connectivity index (χ3v) is 3.87. The minimum absolute atomic E-state index is 0.0213. The Morgan fingerprint density at radius 2 is 2.20 bits per heavy atom. The van der Waals surface area contributed by atoms with Crippen LogP contribution >= 0.6 is 0 Å². The Hall–Kier alpha value is -3.25. The summed E-state index contributed by atoms with van der Waals surface area (Å²) in [6, 6.07) is 6.82. The van der Waals surface area contributed by atoms with E-state index in [1.807, 2.05) is 0 Å². The van der Waals surface area contributed by atoms with E-state index in [1.165, 1.54) is 12.1 Å². The van der Waals surface area contributed by atoms with Crippen LogP contribution in [0.25, 0.3) is 11.3 Å². The molecule has 0 aliphatic carbocycles. The highest BCUT2D eigenvalue weighted by molar-refractivity contribution is 5.84. The van der Waals surface area contributed by atoms with Crippen molar-refractivity contribution in [3.63, 3.8) is 0 Å². The van der Waals surface area contributed by atoms with Crippen LogP contribution in [0, 0.1) is 17.1 Å². The first-order valence-electron chi connectivity index (χ1n) is 7.48. The summed E-state index contributed by atoms with van der Waals surface area (Å²) >= 11 is 0. The Morgan fingerprint density at radius 3 is 2.88 bits per heavy atom. The van der Waals surface area contributed by atoms with E-state index in [0.29, 0.717) is 30.2 Å². The monoisotopic (exact) mass is 342 g/mol. The summed E-state index contributed by atoms with van der Waals surface area (Å²) in [6.07, 6.45) is 0. The van der Waals surface area contributed by atoms with Gasteiger partial charge in [-0.05, 0) is 12.1 Å². The zero-order valence-electron chi connectivity index (χ0n) is 13.1. The first-order valence-corrected chi connectivity index (χ1v) is 7.48. The molecule has 4 N–H and O–H groups in total. The van der Waals surface area contributed by atoms with Crippen molar-refractivity contribution in [3.05, 3.63) is 35.6 Å². The number of nitrogen functional groups attached to an aromatic ring is 1. The van der Waals surface area contributed by atoms with Crippen LogP contribution < -0.4 is 16.4 Å². The van der Waals surface area contributed by atoms with Crippen molar-refractivity contribution in [2.75, 3.05) is 30.4 Å². The number of benzene rings is 1. The number of primary amides is 1. The number of amides is 1. The van der Waals surface area contributed by atoms with Crippen LogP contribution in [0.5, 0.6) is 0 Å². The molecule has 1 saturated heterocycles. The molecule has 0 spiro atoms. The van der Waals surface area contributed by atoms with Crippen LogP contribution in [-0.2, 0) is 9.53 Å². The highest BCUT2D eigenvalue weighted by atomic mass is 19.1. The number of nitrogens with two attached hydrogens (primary N) is 2. The van der Waals surface area contributed by atoms with E-state index >= 15 is 0 Å². The van der Waals surface area contributed by atoms with Gasteiger partial charge < -0.3 is 21.1 Å². The number of nitrogens with zero attached hydrogens (tertiary/aromatic N) is 4. The summed E-state index contributed by atoms with van der Waals surface area (Å²) in [7, 11) is 0. The highest BCUT2D eigenvalue weighted by Gasteiger charge is 2.29. The molecular weight excluding hydrogens is 327 g/mol. The van der Waals surface area contributed by atoms with E-state index in [-0.39, 0.29) is 18.1 Å². The first-order chi connectivity index (χ1) is 12.0. The standard InChI is InChI=1S/C16H15FN6O2/c17-11-5-9(1-2-10(11)7-18)12-6-14(22-16(20)21-12)23-3-4-25-8-13(23)15(19)24/h1-2,5-6,13H,3-4,8H2,(H2,19,24)(H2,20,21,22). The van der Waals surface area contributed by atoms with Crippen molar-refractivity contribution in [2.45, 2.75) is 6.04 Å². The lowest BCUT2D eigenvalue weighted by molar-refractivity contribution is -0.121. The zero-order chi connectivity index (χ0) is 18.0. The second-order valence-corrected chi connectivity index (χ2v) is 5.46. The third-order valence-electron chi connectivity index (χ3n) is 3.87. The van der Waals surface area contributed by atoms with Gasteiger partial charge in [0.25, 0.3) is 0 Å². The Morgan fingerprint density at radius 1 is 1.40 bits per heavy atom. The number of carbonyl (C=O) groups excluding carboxylic acids is 1. The molecule has 1 aliphatic heterocycles. The summed E-state index contributed by atoms with van der Waals surface area (Å²) in [5.74, 6) is -0.811. The lowest BCUT2D eigenvalue weighted by Gasteiger charge is -2.34. The number of ether oxygens (including phenoxy) is 1.